The van der Waals surface area contributed by atoms with E-state index in [1.165, 1.54) is 0 Å². The Hall–Kier alpha value is -0.640. The molecule has 0 saturated carbocycles. The molecule has 0 radical (unpaired) electrons. The van der Waals surface area contributed by atoms with Gasteiger partial charge in [0.1, 0.15) is 0 Å². The van der Waals surface area contributed by atoms with Gasteiger partial charge in [-0.3, -0.25) is 0 Å². The molecule has 1 rings (SSSR count). The van der Waals surface area contributed by atoms with Crippen molar-refractivity contribution in [2.24, 2.45) is 11.3 Å². The molecule has 0 amide bonds. The number of hydrogen-bond donors (Lipinski definition) is 0. The van der Waals surface area contributed by atoms with E-state index >= 15 is 0 Å². The Kier molecular flexibility index (Phi) is 3.71. The molecule has 1 aromatic rings. The molecule has 0 bridgehead atoms. The highest BCUT2D eigenvalue weighted by atomic mass is 35.5. The smallest absolute Gasteiger partial charge is 0.168 e. The standard InChI is InChI=1S/C10H19ClN4/c1-7(10(3,4)5)6-15-9(8(2)11)12-13-14-15/h7-8H,6H2,1-5H3. The van der Waals surface area contributed by atoms with Crippen LogP contribution < -0.4 is 0 Å². The largest absolute Gasteiger partial charge is 0.228 e. The zero-order valence-electron chi connectivity index (χ0n) is 10.0. The topological polar surface area (TPSA) is 43.6 Å². The van der Waals surface area contributed by atoms with E-state index in [0.29, 0.717) is 5.92 Å². The number of hydrogen-bond acceptors (Lipinski definition) is 3. The van der Waals surface area contributed by atoms with Crippen LogP contribution in [0.4, 0.5) is 0 Å². The van der Waals surface area contributed by atoms with Gasteiger partial charge >= 0.3 is 0 Å². The first kappa shape index (κ1) is 12.4. The molecule has 15 heavy (non-hydrogen) atoms. The van der Waals surface area contributed by atoms with E-state index in [1.807, 2.05) is 6.92 Å². The van der Waals surface area contributed by atoms with Crippen molar-refractivity contribution in [3.63, 3.8) is 0 Å². The predicted molar refractivity (Wildman–Crippen MR) is 60.7 cm³/mol. The summed E-state index contributed by atoms with van der Waals surface area (Å²) in [6.45, 7) is 11.5. The van der Waals surface area contributed by atoms with Crippen molar-refractivity contribution >= 4 is 11.6 Å². The Morgan fingerprint density at radius 3 is 2.40 bits per heavy atom. The first-order valence-electron chi connectivity index (χ1n) is 5.22. The zero-order chi connectivity index (χ0) is 11.6. The highest BCUT2D eigenvalue weighted by Crippen LogP contribution is 2.27. The zero-order valence-corrected chi connectivity index (χ0v) is 10.8. The molecule has 0 aromatic carbocycles. The van der Waals surface area contributed by atoms with Crippen LogP contribution >= 0.6 is 11.6 Å². The molecule has 0 spiro atoms. The minimum Gasteiger partial charge on any atom is -0.228 e. The molecule has 5 heteroatoms. The van der Waals surface area contributed by atoms with Gasteiger partial charge in [-0.2, -0.15) is 0 Å². The lowest BCUT2D eigenvalue weighted by Crippen LogP contribution is -2.24. The monoisotopic (exact) mass is 230 g/mol. The van der Waals surface area contributed by atoms with Crippen LogP contribution in [0.2, 0.25) is 0 Å². The molecule has 0 saturated heterocycles. The van der Waals surface area contributed by atoms with Crippen molar-refractivity contribution in [1.82, 2.24) is 20.2 Å². The van der Waals surface area contributed by atoms with Gasteiger partial charge in [-0.05, 0) is 28.7 Å². The average molecular weight is 231 g/mol. The van der Waals surface area contributed by atoms with E-state index in [2.05, 4.69) is 43.2 Å². The molecule has 1 aromatic heterocycles. The van der Waals surface area contributed by atoms with Gasteiger partial charge in [-0.1, -0.05) is 27.7 Å². The molecule has 0 N–H and O–H groups in total. The van der Waals surface area contributed by atoms with Crippen molar-refractivity contribution in [2.45, 2.75) is 46.5 Å². The van der Waals surface area contributed by atoms with E-state index < -0.39 is 0 Å². The molecular weight excluding hydrogens is 212 g/mol. The third-order valence-electron chi connectivity index (χ3n) is 2.84. The van der Waals surface area contributed by atoms with Crippen molar-refractivity contribution in [1.29, 1.82) is 0 Å². The third kappa shape index (κ3) is 3.16. The van der Waals surface area contributed by atoms with Crippen molar-refractivity contribution in [3.05, 3.63) is 5.82 Å². The number of alkyl halides is 1. The van der Waals surface area contributed by atoms with Crippen molar-refractivity contribution in [3.8, 4) is 0 Å². The van der Waals surface area contributed by atoms with Crippen LogP contribution in [0.3, 0.4) is 0 Å². The van der Waals surface area contributed by atoms with Crippen LogP contribution in [0, 0.1) is 11.3 Å². The maximum Gasteiger partial charge on any atom is 0.168 e. The fourth-order valence-electron chi connectivity index (χ4n) is 1.16. The van der Waals surface area contributed by atoms with E-state index in [-0.39, 0.29) is 10.8 Å². The number of halogens is 1. The van der Waals surface area contributed by atoms with Crippen LogP contribution in [-0.2, 0) is 6.54 Å². The summed E-state index contributed by atoms with van der Waals surface area (Å²) < 4.78 is 1.80. The Morgan fingerprint density at radius 1 is 1.33 bits per heavy atom. The summed E-state index contributed by atoms with van der Waals surface area (Å²) in [5, 5.41) is 11.4. The van der Waals surface area contributed by atoms with Gasteiger partial charge in [0, 0.05) is 6.54 Å². The van der Waals surface area contributed by atoms with Gasteiger partial charge < -0.3 is 0 Å². The molecule has 4 nitrogen and oxygen atoms in total. The molecule has 1 heterocycles. The normalized spacial score (nSPS) is 16.4. The second-order valence-corrected chi connectivity index (χ2v) is 5.76. The van der Waals surface area contributed by atoms with Crippen molar-refractivity contribution < 1.29 is 0 Å². The van der Waals surface area contributed by atoms with Crippen LogP contribution in [0.25, 0.3) is 0 Å². The molecule has 0 aliphatic heterocycles. The van der Waals surface area contributed by atoms with Crippen LogP contribution in [-0.4, -0.2) is 20.2 Å². The Balaban J connectivity index is 2.77. The number of tetrazole rings is 1. The van der Waals surface area contributed by atoms with Gasteiger partial charge in [0.2, 0.25) is 0 Å². The van der Waals surface area contributed by atoms with E-state index in [1.54, 1.807) is 4.68 Å². The fourth-order valence-corrected chi connectivity index (χ4v) is 1.32. The summed E-state index contributed by atoms with van der Waals surface area (Å²) >= 11 is 5.98. The van der Waals surface area contributed by atoms with Crippen LogP contribution in [0.5, 0.6) is 0 Å². The number of rotatable bonds is 3. The van der Waals surface area contributed by atoms with E-state index in [4.69, 9.17) is 11.6 Å². The Bertz CT molecular complexity index is 313. The second kappa shape index (κ2) is 4.47. The summed E-state index contributed by atoms with van der Waals surface area (Å²) in [5.41, 5.74) is 0.249. The quantitative estimate of drug-likeness (QED) is 0.750. The van der Waals surface area contributed by atoms with E-state index in [0.717, 1.165) is 12.4 Å². The molecule has 2 atom stereocenters. The minimum absolute atomic E-state index is 0.146. The Labute approximate surface area is 96.0 Å². The lowest BCUT2D eigenvalue weighted by Gasteiger charge is -2.27. The van der Waals surface area contributed by atoms with Crippen LogP contribution in [0.15, 0.2) is 0 Å². The highest BCUT2D eigenvalue weighted by molar-refractivity contribution is 6.20. The summed E-state index contributed by atoms with van der Waals surface area (Å²) in [7, 11) is 0. The third-order valence-corrected chi connectivity index (χ3v) is 3.04. The first-order chi connectivity index (χ1) is 6.82. The molecule has 2 unspecified atom stereocenters. The molecule has 0 aliphatic carbocycles. The molecule has 86 valence electrons. The summed E-state index contributed by atoms with van der Waals surface area (Å²) in [6.07, 6.45) is 0. The number of nitrogens with zero attached hydrogens (tertiary/aromatic N) is 4. The SMILES string of the molecule is CC(Cl)c1nnnn1CC(C)C(C)(C)C. The van der Waals surface area contributed by atoms with Gasteiger partial charge in [-0.15, -0.1) is 16.7 Å². The van der Waals surface area contributed by atoms with Gasteiger partial charge in [0.25, 0.3) is 0 Å². The highest BCUT2D eigenvalue weighted by Gasteiger charge is 2.22. The summed E-state index contributed by atoms with van der Waals surface area (Å²) in [6, 6.07) is 0. The lowest BCUT2D eigenvalue weighted by molar-refractivity contribution is 0.222. The minimum atomic E-state index is -0.146. The lowest BCUT2D eigenvalue weighted by atomic mass is 9.82. The molecule has 0 aliphatic rings. The molecule has 0 fully saturated rings. The van der Waals surface area contributed by atoms with Gasteiger partial charge in [0.05, 0.1) is 5.38 Å². The first-order valence-corrected chi connectivity index (χ1v) is 5.66. The van der Waals surface area contributed by atoms with Crippen LogP contribution in [0.1, 0.15) is 45.8 Å². The predicted octanol–water partition coefficient (Wildman–Crippen LogP) is 2.66. The fraction of sp³-hybridized carbons (Fsp3) is 0.900. The molecular formula is C10H19ClN4. The van der Waals surface area contributed by atoms with Gasteiger partial charge in [0.15, 0.2) is 5.82 Å². The number of aromatic nitrogens is 4. The maximum atomic E-state index is 5.98. The van der Waals surface area contributed by atoms with Gasteiger partial charge in [-0.25, -0.2) is 4.68 Å². The Morgan fingerprint density at radius 2 is 1.93 bits per heavy atom. The van der Waals surface area contributed by atoms with Crippen molar-refractivity contribution in [2.75, 3.05) is 0 Å². The summed E-state index contributed by atoms with van der Waals surface area (Å²) in [5.74, 6) is 1.24. The van der Waals surface area contributed by atoms with E-state index in [9.17, 15) is 0 Å². The second-order valence-electron chi connectivity index (χ2n) is 5.10. The maximum absolute atomic E-state index is 5.98. The summed E-state index contributed by atoms with van der Waals surface area (Å²) in [4.78, 5) is 0. The average Bonchev–Trinajstić information content (AvgIpc) is 2.50.